The van der Waals surface area contributed by atoms with Crippen LogP contribution in [0.4, 0.5) is 4.79 Å². The lowest BCUT2D eigenvalue weighted by Gasteiger charge is -2.22. The second kappa shape index (κ2) is 9.37. The Morgan fingerprint density at radius 1 is 1.09 bits per heavy atom. The molecule has 0 aromatic carbocycles. The highest BCUT2D eigenvalue weighted by molar-refractivity contribution is 5.80. The van der Waals surface area contributed by atoms with Gasteiger partial charge in [-0.3, -0.25) is 9.59 Å². The molecule has 1 saturated carbocycles. The van der Waals surface area contributed by atoms with Crippen LogP contribution in [-0.2, 0) is 19.1 Å². The summed E-state index contributed by atoms with van der Waals surface area (Å²) in [5.74, 6) is -0.801. The Kier molecular flexibility index (Phi) is 7.85. The molecule has 23 heavy (non-hydrogen) atoms. The molecule has 0 radical (unpaired) electrons. The summed E-state index contributed by atoms with van der Waals surface area (Å²) in [6.07, 6.45) is 4.85. The number of nitrogens with one attached hydrogen (secondary N) is 2. The highest BCUT2D eigenvalue weighted by atomic mass is 16.6. The van der Waals surface area contributed by atoms with Gasteiger partial charge in [0.15, 0.2) is 6.61 Å². The summed E-state index contributed by atoms with van der Waals surface area (Å²) in [7, 11) is 0. The Balaban J connectivity index is 2.09. The molecule has 2 N–H and O–H groups in total. The molecule has 132 valence electrons. The fraction of sp³-hybridized carbons (Fsp3) is 0.812. The van der Waals surface area contributed by atoms with Gasteiger partial charge in [-0.1, -0.05) is 19.3 Å². The van der Waals surface area contributed by atoms with E-state index in [0.717, 1.165) is 25.7 Å². The normalized spacial score (nSPS) is 15.6. The standard InChI is InChI=1S/C16H28N2O5/c1-16(2,3)23-15(21)17-10-9-14(20)22-11-13(19)18-12-7-5-4-6-8-12/h12H,4-11H2,1-3H3,(H,17,21)(H,18,19). The van der Waals surface area contributed by atoms with Crippen LogP contribution in [-0.4, -0.2) is 42.8 Å². The number of amides is 2. The second-order valence-corrected chi connectivity index (χ2v) is 6.74. The minimum atomic E-state index is -0.583. The molecular weight excluding hydrogens is 300 g/mol. The average Bonchev–Trinajstić information content (AvgIpc) is 2.44. The maximum atomic E-state index is 11.7. The fourth-order valence-electron chi connectivity index (χ4n) is 2.32. The van der Waals surface area contributed by atoms with Gasteiger partial charge in [-0.25, -0.2) is 4.79 Å². The molecule has 0 heterocycles. The Hall–Kier alpha value is -1.79. The van der Waals surface area contributed by atoms with Crippen molar-refractivity contribution in [1.29, 1.82) is 0 Å². The first-order chi connectivity index (χ1) is 10.8. The third-order valence-electron chi connectivity index (χ3n) is 3.33. The maximum Gasteiger partial charge on any atom is 0.407 e. The van der Waals surface area contributed by atoms with Gasteiger partial charge >= 0.3 is 12.1 Å². The lowest BCUT2D eigenvalue weighted by atomic mass is 9.95. The van der Waals surface area contributed by atoms with Crippen molar-refractivity contribution in [2.24, 2.45) is 0 Å². The summed E-state index contributed by atoms with van der Waals surface area (Å²) in [6.45, 7) is 5.10. The van der Waals surface area contributed by atoms with Crippen molar-refractivity contribution < 1.29 is 23.9 Å². The zero-order valence-electron chi connectivity index (χ0n) is 14.3. The molecule has 0 aromatic heterocycles. The monoisotopic (exact) mass is 328 g/mol. The maximum absolute atomic E-state index is 11.7. The molecule has 7 nitrogen and oxygen atoms in total. The first kappa shape index (κ1) is 19.3. The van der Waals surface area contributed by atoms with Crippen molar-refractivity contribution in [3.8, 4) is 0 Å². The van der Waals surface area contributed by atoms with Gasteiger partial charge in [0, 0.05) is 12.6 Å². The van der Waals surface area contributed by atoms with Gasteiger partial charge in [0.05, 0.1) is 6.42 Å². The minimum absolute atomic E-state index is 0.00402. The van der Waals surface area contributed by atoms with E-state index in [9.17, 15) is 14.4 Å². The van der Waals surface area contributed by atoms with Crippen LogP contribution in [0.25, 0.3) is 0 Å². The largest absolute Gasteiger partial charge is 0.456 e. The first-order valence-electron chi connectivity index (χ1n) is 8.18. The highest BCUT2D eigenvalue weighted by Gasteiger charge is 2.18. The number of carbonyl (C=O) groups is 3. The van der Waals surface area contributed by atoms with E-state index in [1.807, 2.05) is 0 Å². The van der Waals surface area contributed by atoms with E-state index in [0.29, 0.717) is 0 Å². The van der Waals surface area contributed by atoms with Gasteiger partial charge < -0.3 is 20.1 Å². The molecule has 7 heteroatoms. The molecule has 0 bridgehead atoms. The SMILES string of the molecule is CC(C)(C)OC(=O)NCCC(=O)OCC(=O)NC1CCCCC1. The van der Waals surface area contributed by atoms with Crippen LogP contribution in [0.2, 0.25) is 0 Å². The molecule has 1 aliphatic carbocycles. The van der Waals surface area contributed by atoms with Crippen LogP contribution in [0.5, 0.6) is 0 Å². The van der Waals surface area contributed by atoms with E-state index in [4.69, 9.17) is 9.47 Å². The number of carbonyl (C=O) groups excluding carboxylic acids is 3. The summed E-state index contributed by atoms with van der Waals surface area (Å²) in [4.78, 5) is 34.6. The van der Waals surface area contributed by atoms with Crippen LogP contribution >= 0.6 is 0 Å². The summed E-state index contributed by atoms with van der Waals surface area (Å²) in [6, 6.07) is 0.198. The van der Waals surface area contributed by atoms with Crippen LogP contribution in [0, 0.1) is 0 Å². The fourth-order valence-corrected chi connectivity index (χ4v) is 2.32. The first-order valence-corrected chi connectivity index (χ1v) is 8.18. The Labute approximate surface area is 137 Å². The molecule has 2 amide bonds. The third-order valence-corrected chi connectivity index (χ3v) is 3.33. The van der Waals surface area contributed by atoms with E-state index >= 15 is 0 Å². The highest BCUT2D eigenvalue weighted by Crippen LogP contribution is 2.17. The molecule has 0 unspecified atom stereocenters. The minimum Gasteiger partial charge on any atom is -0.456 e. The smallest absolute Gasteiger partial charge is 0.407 e. The van der Waals surface area contributed by atoms with E-state index < -0.39 is 17.7 Å². The number of hydrogen-bond acceptors (Lipinski definition) is 5. The lowest BCUT2D eigenvalue weighted by Crippen LogP contribution is -2.39. The van der Waals surface area contributed by atoms with Gasteiger partial charge in [-0.15, -0.1) is 0 Å². The molecule has 0 saturated heterocycles. The molecule has 0 aromatic rings. The number of hydrogen-bond donors (Lipinski definition) is 2. The van der Waals surface area contributed by atoms with Gasteiger partial charge in [0.1, 0.15) is 5.60 Å². The zero-order chi connectivity index (χ0) is 17.3. The number of alkyl carbamates (subject to hydrolysis) is 1. The predicted molar refractivity (Wildman–Crippen MR) is 84.8 cm³/mol. The number of esters is 1. The van der Waals surface area contributed by atoms with Crippen molar-refractivity contribution in [3.05, 3.63) is 0 Å². The molecule has 0 aliphatic heterocycles. The zero-order valence-corrected chi connectivity index (χ0v) is 14.3. The van der Waals surface area contributed by atoms with E-state index in [-0.39, 0.29) is 31.5 Å². The van der Waals surface area contributed by atoms with E-state index in [1.54, 1.807) is 20.8 Å². The molecule has 1 aliphatic rings. The topological polar surface area (TPSA) is 93.7 Å². The van der Waals surface area contributed by atoms with Crippen molar-refractivity contribution in [3.63, 3.8) is 0 Å². The Bertz CT molecular complexity index is 411. The molecule has 1 fully saturated rings. The van der Waals surface area contributed by atoms with Crippen LogP contribution < -0.4 is 10.6 Å². The number of rotatable bonds is 6. The predicted octanol–water partition coefficient (Wildman–Crippen LogP) is 1.89. The third kappa shape index (κ3) is 9.76. The quantitative estimate of drug-likeness (QED) is 0.726. The van der Waals surface area contributed by atoms with E-state index in [1.165, 1.54) is 6.42 Å². The second-order valence-electron chi connectivity index (χ2n) is 6.74. The van der Waals surface area contributed by atoms with Gasteiger partial charge in [-0.05, 0) is 33.6 Å². The summed E-state index contributed by atoms with van der Waals surface area (Å²) in [5, 5.41) is 5.33. The lowest BCUT2D eigenvalue weighted by molar-refractivity contribution is -0.148. The van der Waals surface area contributed by atoms with Gasteiger partial charge in [0.2, 0.25) is 0 Å². The van der Waals surface area contributed by atoms with Crippen molar-refractivity contribution in [2.45, 2.75) is 70.9 Å². The summed E-state index contributed by atoms with van der Waals surface area (Å²) in [5.41, 5.74) is -0.582. The Morgan fingerprint density at radius 2 is 1.74 bits per heavy atom. The van der Waals surface area contributed by atoms with Crippen molar-refractivity contribution in [1.82, 2.24) is 10.6 Å². The van der Waals surface area contributed by atoms with Crippen molar-refractivity contribution in [2.75, 3.05) is 13.2 Å². The molecule has 0 atom stereocenters. The van der Waals surface area contributed by atoms with Crippen LogP contribution in [0.3, 0.4) is 0 Å². The van der Waals surface area contributed by atoms with Gasteiger partial charge in [0.25, 0.3) is 5.91 Å². The average molecular weight is 328 g/mol. The molecule has 0 spiro atoms. The van der Waals surface area contributed by atoms with Crippen molar-refractivity contribution >= 4 is 18.0 Å². The number of ether oxygens (including phenoxy) is 2. The summed E-state index contributed by atoms with van der Waals surface area (Å²) >= 11 is 0. The molecular formula is C16H28N2O5. The Morgan fingerprint density at radius 3 is 2.35 bits per heavy atom. The summed E-state index contributed by atoms with van der Waals surface area (Å²) < 4.78 is 9.92. The van der Waals surface area contributed by atoms with E-state index in [2.05, 4.69) is 10.6 Å². The van der Waals surface area contributed by atoms with Crippen LogP contribution in [0.15, 0.2) is 0 Å². The molecule has 1 rings (SSSR count). The van der Waals surface area contributed by atoms with Gasteiger partial charge in [-0.2, -0.15) is 0 Å². The van der Waals surface area contributed by atoms with Crippen LogP contribution in [0.1, 0.15) is 59.3 Å².